The maximum absolute atomic E-state index is 13.1. The third-order valence-electron chi connectivity index (χ3n) is 6.15. The molecule has 0 aliphatic carbocycles. The van der Waals surface area contributed by atoms with Crippen molar-refractivity contribution in [1.29, 1.82) is 0 Å². The molecule has 7 N–H and O–H groups in total. The van der Waals surface area contributed by atoms with Gasteiger partial charge in [-0.15, -0.1) is 0 Å². The number of rotatable bonds is 13. The number of amides is 3. The Bertz CT molecular complexity index is 1070. The van der Waals surface area contributed by atoms with Crippen LogP contribution in [0.5, 0.6) is 0 Å². The summed E-state index contributed by atoms with van der Waals surface area (Å²) in [5.41, 5.74) is 1.60. The number of aromatic amines is 1. The first kappa shape index (κ1) is 27.5. The minimum atomic E-state index is -1.23. The van der Waals surface area contributed by atoms with E-state index < -0.39 is 54.5 Å². The molecule has 1 aliphatic heterocycles. The Hall–Kier alpha value is -3.09. The van der Waals surface area contributed by atoms with E-state index in [0.29, 0.717) is 18.7 Å². The Balaban J connectivity index is 1.66. The van der Waals surface area contributed by atoms with Crippen LogP contribution in [-0.2, 0) is 25.6 Å². The molecule has 2 aromatic rings. The number of thioether (sulfide) groups is 1. The Labute approximate surface area is 213 Å². The van der Waals surface area contributed by atoms with Crippen LogP contribution in [-0.4, -0.2) is 88.2 Å². The van der Waals surface area contributed by atoms with E-state index in [0.717, 1.165) is 22.9 Å². The van der Waals surface area contributed by atoms with Gasteiger partial charge in [0, 0.05) is 23.5 Å². The van der Waals surface area contributed by atoms with Crippen molar-refractivity contribution in [2.45, 2.75) is 49.9 Å². The Morgan fingerprint density at radius 2 is 1.81 bits per heavy atom. The first-order chi connectivity index (χ1) is 17.3. The lowest BCUT2D eigenvalue weighted by Gasteiger charge is -2.24. The predicted molar refractivity (Wildman–Crippen MR) is 137 cm³/mol. The quantitative estimate of drug-likeness (QED) is 0.190. The van der Waals surface area contributed by atoms with Crippen LogP contribution >= 0.6 is 11.8 Å². The lowest BCUT2D eigenvalue weighted by atomic mass is 10.0. The molecule has 0 bridgehead atoms. The molecule has 1 fully saturated rings. The molecule has 1 aromatic carbocycles. The van der Waals surface area contributed by atoms with Gasteiger partial charge in [0.2, 0.25) is 17.7 Å². The lowest BCUT2D eigenvalue weighted by molar-refractivity contribution is -0.142. The topological polar surface area (TPSA) is 173 Å². The summed E-state index contributed by atoms with van der Waals surface area (Å²) in [7, 11) is 0. The molecule has 1 aromatic heterocycles. The minimum Gasteiger partial charge on any atom is -0.480 e. The van der Waals surface area contributed by atoms with E-state index in [1.54, 1.807) is 6.20 Å². The molecule has 196 valence electrons. The van der Waals surface area contributed by atoms with Crippen molar-refractivity contribution in [1.82, 2.24) is 26.3 Å². The number of carboxylic acid groups (broad SMARTS) is 1. The molecule has 36 heavy (non-hydrogen) atoms. The van der Waals surface area contributed by atoms with Gasteiger partial charge in [-0.1, -0.05) is 18.2 Å². The van der Waals surface area contributed by atoms with Gasteiger partial charge in [0.05, 0.1) is 12.6 Å². The number of aromatic nitrogens is 1. The summed E-state index contributed by atoms with van der Waals surface area (Å²) in [4.78, 5) is 53.3. The van der Waals surface area contributed by atoms with E-state index in [-0.39, 0.29) is 12.8 Å². The number of fused-ring (bicyclic) bond motifs is 1. The number of para-hydroxylation sites is 1. The average Bonchev–Trinajstić information content (AvgIpc) is 3.55. The highest BCUT2D eigenvalue weighted by molar-refractivity contribution is 7.98. The number of hydrogen-bond donors (Lipinski definition) is 7. The van der Waals surface area contributed by atoms with Crippen molar-refractivity contribution in [3.8, 4) is 0 Å². The van der Waals surface area contributed by atoms with Crippen LogP contribution in [0.4, 0.5) is 0 Å². The minimum absolute atomic E-state index is 0.0536. The van der Waals surface area contributed by atoms with E-state index in [9.17, 15) is 29.4 Å². The predicted octanol–water partition coefficient (Wildman–Crippen LogP) is -0.253. The number of nitrogens with one attached hydrogen (secondary N) is 5. The van der Waals surface area contributed by atoms with Gasteiger partial charge in [0.25, 0.3) is 0 Å². The zero-order valence-corrected chi connectivity index (χ0v) is 20.9. The monoisotopic (exact) mass is 519 g/mol. The van der Waals surface area contributed by atoms with Crippen molar-refractivity contribution < 1.29 is 29.4 Å². The van der Waals surface area contributed by atoms with E-state index in [4.69, 9.17) is 0 Å². The molecular weight excluding hydrogens is 486 g/mol. The molecular formula is C24H33N5O6S. The number of H-pyrrole nitrogens is 1. The highest BCUT2D eigenvalue weighted by Crippen LogP contribution is 2.19. The molecule has 0 saturated carbocycles. The summed E-state index contributed by atoms with van der Waals surface area (Å²) in [6.07, 6.45) is 5.34. The first-order valence-electron chi connectivity index (χ1n) is 11.9. The van der Waals surface area contributed by atoms with Gasteiger partial charge in [-0.3, -0.25) is 14.4 Å². The largest absolute Gasteiger partial charge is 0.480 e. The zero-order chi connectivity index (χ0) is 26.1. The fourth-order valence-electron chi connectivity index (χ4n) is 4.14. The zero-order valence-electron chi connectivity index (χ0n) is 20.1. The van der Waals surface area contributed by atoms with Crippen LogP contribution in [0.3, 0.4) is 0 Å². The van der Waals surface area contributed by atoms with Crippen LogP contribution in [0.15, 0.2) is 30.5 Å². The summed E-state index contributed by atoms with van der Waals surface area (Å²) in [6, 6.07) is 3.55. The molecule has 1 saturated heterocycles. The molecule has 4 atom stereocenters. The molecule has 11 nitrogen and oxygen atoms in total. The number of carbonyl (C=O) groups is 4. The fraction of sp³-hybridized carbons (Fsp3) is 0.500. The fourth-order valence-corrected chi connectivity index (χ4v) is 4.62. The number of carboxylic acids is 1. The van der Waals surface area contributed by atoms with E-state index in [1.165, 1.54) is 11.8 Å². The first-order valence-corrected chi connectivity index (χ1v) is 13.3. The van der Waals surface area contributed by atoms with Crippen LogP contribution in [0, 0.1) is 0 Å². The van der Waals surface area contributed by atoms with Crippen LogP contribution < -0.4 is 21.3 Å². The van der Waals surface area contributed by atoms with Gasteiger partial charge in [0.1, 0.15) is 18.1 Å². The molecule has 12 heteroatoms. The standard InChI is InChI=1S/C24H33N5O6S/c1-36-10-8-18(27-23(33)20(13-30)29-21(31)17-7-4-9-25-17)22(32)28-19(24(34)35)11-14-12-26-16-6-3-2-5-15(14)16/h2-3,5-6,12,17-20,25-26,30H,4,7-11,13H2,1H3,(H,27,33)(H,28,32)(H,29,31)(H,34,35). The average molecular weight is 520 g/mol. The summed E-state index contributed by atoms with van der Waals surface area (Å²) in [5.74, 6) is -2.43. The number of benzene rings is 1. The Kier molecular flexibility index (Phi) is 10.1. The van der Waals surface area contributed by atoms with Crippen molar-refractivity contribution in [2.24, 2.45) is 0 Å². The van der Waals surface area contributed by atoms with E-state index in [2.05, 4.69) is 26.3 Å². The number of aliphatic hydroxyl groups is 1. The number of aliphatic hydroxyl groups excluding tert-OH is 1. The highest BCUT2D eigenvalue weighted by Gasteiger charge is 2.31. The van der Waals surface area contributed by atoms with Gasteiger partial charge in [0.15, 0.2) is 0 Å². The van der Waals surface area contributed by atoms with Gasteiger partial charge in [-0.05, 0) is 49.4 Å². The van der Waals surface area contributed by atoms with Crippen LogP contribution in [0.25, 0.3) is 10.9 Å². The normalized spacial score (nSPS) is 17.8. The summed E-state index contributed by atoms with van der Waals surface area (Å²) >= 11 is 1.47. The molecule has 0 radical (unpaired) electrons. The summed E-state index contributed by atoms with van der Waals surface area (Å²) in [6.45, 7) is 0.0633. The number of carbonyl (C=O) groups excluding carboxylic acids is 3. The second-order valence-electron chi connectivity index (χ2n) is 8.70. The maximum atomic E-state index is 13.1. The summed E-state index contributed by atoms with van der Waals surface area (Å²) in [5, 5.41) is 31.0. The SMILES string of the molecule is CSCCC(NC(=O)C(CO)NC(=O)C1CCCN1)C(=O)NC(Cc1c[nH]c2ccccc12)C(=O)O. The van der Waals surface area contributed by atoms with Gasteiger partial charge < -0.3 is 36.5 Å². The molecule has 1 aliphatic rings. The molecule has 3 amide bonds. The van der Waals surface area contributed by atoms with Gasteiger partial charge in [-0.2, -0.15) is 11.8 Å². The van der Waals surface area contributed by atoms with Crippen LogP contribution in [0.1, 0.15) is 24.8 Å². The lowest BCUT2D eigenvalue weighted by Crippen LogP contribution is -2.58. The summed E-state index contributed by atoms with van der Waals surface area (Å²) < 4.78 is 0. The second kappa shape index (κ2) is 13.3. The second-order valence-corrected chi connectivity index (χ2v) is 9.68. The third-order valence-corrected chi connectivity index (χ3v) is 6.79. The molecule has 2 heterocycles. The van der Waals surface area contributed by atoms with E-state index >= 15 is 0 Å². The van der Waals surface area contributed by atoms with Gasteiger partial charge in [-0.25, -0.2) is 4.79 Å². The van der Waals surface area contributed by atoms with Crippen molar-refractivity contribution >= 4 is 46.4 Å². The number of hydrogen-bond acceptors (Lipinski definition) is 7. The molecule has 0 spiro atoms. The molecule has 3 rings (SSSR count). The maximum Gasteiger partial charge on any atom is 0.326 e. The smallest absolute Gasteiger partial charge is 0.326 e. The van der Waals surface area contributed by atoms with Crippen molar-refractivity contribution in [2.75, 3.05) is 25.2 Å². The third kappa shape index (κ3) is 7.21. The van der Waals surface area contributed by atoms with Crippen LogP contribution in [0.2, 0.25) is 0 Å². The van der Waals surface area contributed by atoms with E-state index in [1.807, 2.05) is 30.5 Å². The van der Waals surface area contributed by atoms with Crippen molar-refractivity contribution in [3.05, 3.63) is 36.0 Å². The highest BCUT2D eigenvalue weighted by atomic mass is 32.2. The van der Waals surface area contributed by atoms with Crippen molar-refractivity contribution in [3.63, 3.8) is 0 Å². The Morgan fingerprint density at radius 1 is 1.08 bits per heavy atom. The van der Waals surface area contributed by atoms with Gasteiger partial charge >= 0.3 is 5.97 Å². The Morgan fingerprint density at radius 3 is 2.47 bits per heavy atom. The number of aliphatic carboxylic acids is 1. The molecule has 4 unspecified atom stereocenters.